The van der Waals surface area contributed by atoms with E-state index >= 15 is 0 Å². The molecule has 1 unspecified atom stereocenters. The van der Waals surface area contributed by atoms with Crippen molar-refractivity contribution in [1.29, 1.82) is 0 Å². The van der Waals surface area contributed by atoms with Crippen molar-refractivity contribution in [3.8, 4) is 0 Å². The summed E-state index contributed by atoms with van der Waals surface area (Å²) >= 11 is 0. The zero-order chi connectivity index (χ0) is 15.1. The van der Waals surface area contributed by atoms with Gasteiger partial charge in [-0.3, -0.25) is 4.79 Å². The molecule has 0 radical (unpaired) electrons. The molecule has 1 atom stereocenters. The first kappa shape index (κ1) is 15.7. The zero-order valence-corrected chi connectivity index (χ0v) is 12.5. The first-order chi connectivity index (χ1) is 10.2. The number of amides is 1. The van der Waals surface area contributed by atoms with Gasteiger partial charge >= 0.3 is 0 Å². The van der Waals surface area contributed by atoms with E-state index in [1.165, 1.54) is 0 Å². The summed E-state index contributed by atoms with van der Waals surface area (Å²) < 4.78 is 5.33. The predicted molar refractivity (Wildman–Crippen MR) is 81.9 cm³/mol. The van der Waals surface area contributed by atoms with Crippen molar-refractivity contribution in [3.05, 3.63) is 23.4 Å². The molecular weight excluding hydrogens is 268 g/mol. The van der Waals surface area contributed by atoms with Crippen LogP contribution in [0.15, 0.2) is 12.1 Å². The van der Waals surface area contributed by atoms with Crippen molar-refractivity contribution < 1.29 is 9.53 Å². The van der Waals surface area contributed by atoms with Gasteiger partial charge in [0, 0.05) is 31.0 Å². The maximum absolute atomic E-state index is 12.2. The molecule has 0 saturated carbocycles. The third kappa shape index (κ3) is 4.68. The fourth-order valence-corrected chi connectivity index (χ4v) is 2.48. The third-order valence-electron chi connectivity index (χ3n) is 3.66. The third-order valence-corrected chi connectivity index (χ3v) is 3.66. The Morgan fingerprint density at radius 2 is 2.38 bits per heavy atom. The number of carbonyl (C=O) groups is 1. The number of hydrogen-bond acceptors (Lipinski definition) is 5. The number of anilines is 1. The number of hydrogen-bond donors (Lipinski definition) is 3. The molecular formula is C15H24N4O2. The lowest BCUT2D eigenvalue weighted by atomic mass is 10.1. The lowest BCUT2D eigenvalue weighted by Gasteiger charge is -2.11. The second kappa shape index (κ2) is 7.95. The minimum absolute atomic E-state index is 0.0785. The SMILES string of the molecule is CCCc1cc(C(=O)NCCC2CCOC2)cc(NN)n1. The average molecular weight is 292 g/mol. The summed E-state index contributed by atoms with van der Waals surface area (Å²) in [6, 6.07) is 3.51. The van der Waals surface area contributed by atoms with Crippen molar-refractivity contribution in [2.45, 2.75) is 32.6 Å². The fraction of sp³-hybridized carbons (Fsp3) is 0.600. The molecule has 1 saturated heterocycles. The van der Waals surface area contributed by atoms with E-state index in [1.807, 2.05) is 6.07 Å². The van der Waals surface area contributed by atoms with E-state index < -0.39 is 0 Å². The highest BCUT2D eigenvalue weighted by Crippen LogP contribution is 2.15. The first-order valence-corrected chi connectivity index (χ1v) is 7.56. The Balaban J connectivity index is 1.92. The second-order valence-corrected chi connectivity index (χ2v) is 5.40. The van der Waals surface area contributed by atoms with E-state index in [2.05, 4.69) is 22.7 Å². The molecule has 0 spiro atoms. The van der Waals surface area contributed by atoms with E-state index in [0.29, 0.717) is 23.8 Å². The number of nitrogens with one attached hydrogen (secondary N) is 2. The molecule has 2 heterocycles. The largest absolute Gasteiger partial charge is 0.381 e. The van der Waals surface area contributed by atoms with Gasteiger partial charge in [-0.2, -0.15) is 0 Å². The quantitative estimate of drug-likeness (QED) is 0.523. The molecule has 2 rings (SSSR count). The van der Waals surface area contributed by atoms with Crippen LogP contribution in [0.3, 0.4) is 0 Å². The van der Waals surface area contributed by atoms with Crippen molar-refractivity contribution in [3.63, 3.8) is 0 Å². The molecule has 0 aliphatic carbocycles. The van der Waals surface area contributed by atoms with Crippen LogP contribution < -0.4 is 16.6 Å². The molecule has 1 fully saturated rings. The predicted octanol–water partition coefficient (Wildman–Crippen LogP) is 1.48. The highest BCUT2D eigenvalue weighted by atomic mass is 16.5. The monoisotopic (exact) mass is 292 g/mol. The molecule has 1 aliphatic rings. The van der Waals surface area contributed by atoms with Gasteiger partial charge in [0.1, 0.15) is 5.82 Å². The Kier molecular flexibility index (Phi) is 5.95. The highest BCUT2D eigenvalue weighted by Gasteiger charge is 2.16. The lowest BCUT2D eigenvalue weighted by molar-refractivity contribution is 0.0950. The number of aromatic nitrogens is 1. The zero-order valence-electron chi connectivity index (χ0n) is 12.5. The maximum atomic E-state index is 12.2. The molecule has 1 amide bonds. The van der Waals surface area contributed by atoms with Gasteiger partial charge in [0.05, 0.1) is 0 Å². The standard InChI is InChI=1S/C15H24N4O2/c1-2-3-13-8-12(9-14(18-13)19-16)15(20)17-6-4-11-5-7-21-10-11/h8-9,11H,2-7,10,16H2,1H3,(H,17,20)(H,18,19). The van der Waals surface area contributed by atoms with Gasteiger partial charge in [0.25, 0.3) is 5.91 Å². The van der Waals surface area contributed by atoms with E-state index in [4.69, 9.17) is 10.6 Å². The molecule has 4 N–H and O–H groups in total. The fourth-order valence-electron chi connectivity index (χ4n) is 2.48. The summed E-state index contributed by atoms with van der Waals surface area (Å²) in [6.45, 7) is 4.40. The number of nitrogens with zero attached hydrogens (tertiary/aromatic N) is 1. The minimum Gasteiger partial charge on any atom is -0.381 e. The number of hydrazine groups is 1. The summed E-state index contributed by atoms with van der Waals surface area (Å²) in [5.41, 5.74) is 3.99. The van der Waals surface area contributed by atoms with Crippen LogP contribution in [-0.4, -0.2) is 30.6 Å². The van der Waals surface area contributed by atoms with Crippen LogP contribution >= 0.6 is 0 Å². The number of nitrogens with two attached hydrogens (primary N) is 1. The van der Waals surface area contributed by atoms with Crippen LogP contribution in [0.1, 0.15) is 42.2 Å². The summed E-state index contributed by atoms with van der Waals surface area (Å²) in [4.78, 5) is 16.5. The maximum Gasteiger partial charge on any atom is 0.251 e. The molecule has 0 bridgehead atoms. The Morgan fingerprint density at radius 3 is 3.05 bits per heavy atom. The molecule has 1 aromatic heterocycles. The van der Waals surface area contributed by atoms with Gasteiger partial charge in [-0.05, 0) is 37.3 Å². The van der Waals surface area contributed by atoms with Crippen molar-refractivity contribution in [1.82, 2.24) is 10.3 Å². The van der Waals surface area contributed by atoms with Crippen molar-refractivity contribution in [2.75, 3.05) is 25.2 Å². The summed E-state index contributed by atoms with van der Waals surface area (Å²) in [6.07, 6.45) is 3.85. The van der Waals surface area contributed by atoms with Crippen molar-refractivity contribution in [2.24, 2.45) is 11.8 Å². The number of carbonyl (C=O) groups excluding carboxylic acids is 1. The van der Waals surface area contributed by atoms with Crippen molar-refractivity contribution >= 4 is 11.7 Å². The number of nitrogen functional groups attached to an aromatic ring is 1. The van der Waals surface area contributed by atoms with Crippen LogP contribution in [0, 0.1) is 5.92 Å². The van der Waals surface area contributed by atoms with Gasteiger partial charge < -0.3 is 15.5 Å². The molecule has 0 aromatic carbocycles. The molecule has 1 aromatic rings. The Morgan fingerprint density at radius 1 is 1.52 bits per heavy atom. The number of aryl methyl sites for hydroxylation is 1. The molecule has 6 nitrogen and oxygen atoms in total. The molecule has 1 aliphatic heterocycles. The van der Waals surface area contributed by atoms with Crippen LogP contribution in [0.2, 0.25) is 0 Å². The Labute approximate surface area is 125 Å². The molecule has 116 valence electrons. The Bertz CT molecular complexity index is 473. The summed E-state index contributed by atoms with van der Waals surface area (Å²) in [5.74, 6) is 6.42. The minimum atomic E-state index is -0.0785. The number of rotatable bonds is 7. The number of pyridine rings is 1. The van der Waals surface area contributed by atoms with Gasteiger partial charge in [-0.15, -0.1) is 0 Å². The van der Waals surface area contributed by atoms with Crippen LogP contribution in [0.5, 0.6) is 0 Å². The molecule has 6 heteroatoms. The van der Waals surface area contributed by atoms with E-state index in [-0.39, 0.29) is 5.91 Å². The van der Waals surface area contributed by atoms with Gasteiger partial charge in [0.2, 0.25) is 0 Å². The average Bonchev–Trinajstić information content (AvgIpc) is 3.00. The van der Waals surface area contributed by atoms with E-state index in [1.54, 1.807) is 6.07 Å². The molecule has 21 heavy (non-hydrogen) atoms. The first-order valence-electron chi connectivity index (χ1n) is 7.56. The Hall–Kier alpha value is -1.66. The van der Waals surface area contributed by atoms with Gasteiger partial charge in [0.15, 0.2) is 0 Å². The van der Waals surface area contributed by atoms with E-state index in [9.17, 15) is 4.79 Å². The van der Waals surface area contributed by atoms with Crippen LogP contribution in [-0.2, 0) is 11.2 Å². The number of ether oxygens (including phenoxy) is 1. The second-order valence-electron chi connectivity index (χ2n) is 5.40. The summed E-state index contributed by atoms with van der Waals surface area (Å²) in [7, 11) is 0. The van der Waals surface area contributed by atoms with E-state index in [0.717, 1.165) is 44.6 Å². The smallest absolute Gasteiger partial charge is 0.251 e. The van der Waals surface area contributed by atoms with Crippen LogP contribution in [0.25, 0.3) is 0 Å². The van der Waals surface area contributed by atoms with Gasteiger partial charge in [-0.25, -0.2) is 10.8 Å². The lowest BCUT2D eigenvalue weighted by Crippen LogP contribution is -2.26. The van der Waals surface area contributed by atoms with Crippen LogP contribution in [0.4, 0.5) is 5.82 Å². The highest BCUT2D eigenvalue weighted by molar-refractivity contribution is 5.94. The summed E-state index contributed by atoms with van der Waals surface area (Å²) in [5, 5.41) is 2.96. The topological polar surface area (TPSA) is 89.3 Å². The van der Waals surface area contributed by atoms with Gasteiger partial charge in [-0.1, -0.05) is 13.3 Å². The normalized spacial score (nSPS) is 17.7.